The van der Waals surface area contributed by atoms with Crippen molar-refractivity contribution in [2.75, 3.05) is 6.54 Å². The Balaban J connectivity index is 1.70. The lowest BCUT2D eigenvalue weighted by Gasteiger charge is -2.33. The summed E-state index contributed by atoms with van der Waals surface area (Å²) in [5.41, 5.74) is -1.17. The maximum absolute atomic E-state index is 13.1. The van der Waals surface area contributed by atoms with Crippen molar-refractivity contribution in [1.82, 2.24) is 19.2 Å². The van der Waals surface area contributed by atoms with Crippen LogP contribution < -0.4 is 11.2 Å². The molecular weight excluding hydrogens is 400 g/mol. The summed E-state index contributed by atoms with van der Waals surface area (Å²) in [5.74, 6) is -1.82. The van der Waals surface area contributed by atoms with Gasteiger partial charge in [-0.2, -0.15) is 4.31 Å². The van der Waals surface area contributed by atoms with E-state index in [1.165, 1.54) is 0 Å². The first-order chi connectivity index (χ1) is 13.8. The lowest BCUT2D eigenvalue weighted by Crippen LogP contribution is -2.51. The SMILES string of the molecule is O=C1C2[C@H](CCCN2S(=O)(=O)c2c[nH]c(=O)[nH]c2=O)C(=O)N1Cc1ccccc1. The van der Waals surface area contributed by atoms with Crippen molar-refractivity contribution >= 4 is 21.8 Å². The third-order valence-electron chi connectivity index (χ3n) is 5.24. The van der Waals surface area contributed by atoms with Gasteiger partial charge in [0.05, 0.1) is 12.5 Å². The van der Waals surface area contributed by atoms with Crippen molar-refractivity contribution in [2.45, 2.75) is 30.3 Å². The Morgan fingerprint density at radius 3 is 2.45 bits per heavy atom. The maximum atomic E-state index is 13.1. The summed E-state index contributed by atoms with van der Waals surface area (Å²) in [6, 6.07) is 7.73. The van der Waals surface area contributed by atoms with Gasteiger partial charge in [-0.3, -0.25) is 24.3 Å². The molecule has 10 nitrogen and oxygen atoms in total. The number of nitrogens with one attached hydrogen (secondary N) is 2. The van der Waals surface area contributed by atoms with Gasteiger partial charge in [-0.1, -0.05) is 30.3 Å². The highest BCUT2D eigenvalue weighted by Crippen LogP contribution is 2.36. The van der Waals surface area contributed by atoms with Crippen LogP contribution in [0.4, 0.5) is 0 Å². The summed E-state index contributed by atoms with van der Waals surface area (Å²) in [4.78, 5) is 53.5. The van der Waals surface area contributed by atoms with Gasteiger partial charge in [0, 0.05) is 12.7 Å². The minimum absolute atomic E-state index is 0.000261. The fraction of sp³-hybridized carbons (Fsp3) is 0.333. The number of rotatable bonds is 4. The Morgan fingerprint density at radius 2 is 1.76 bits per heavy atom. The number of H-pyrrole nitrogens is 2. The highest BCUT2D eigenvalue weighted by molar-refractivity contribution is 7.89. The van der Waals surface area contributed by atoms with Crippen LogP contribution in [0, 0.1) is 5.92 Å². The molecule has 29 heavy (non-hydrogen) atoms. The summed E-state index contributed by atoms with van der Waals surface area (Å²) < 4.78 is 27.1. The van der Waals surface area contributed by atoms with E-state index in [2.05, 4.69) is 4.98 Å². The topological polar surface area (TPSA) is 140 Å². The van der Waals surface area contributed by atoms with Crippen LogP contribution in [0.1, 0.15) is 18.4 Å². The Morgan fingerprint density at radius 1 is 1.03 bits per heavy atom. The summed E-state index contributed by atoms with van der Waals surface area (Å²) in [5, 5.41) is 0. The highest BCUT2D eigenvalue weighted by Gasteiger charge is 2.55. The molecular formula is C18H18N4O6S. The molecule has 2 aromatic rings. The minimum atomic E-state index is -4.40. The van der Waals surface area contributed by atoms with Gasteiger partial charge in [0.25, 0.3) is 15.6 Å². The third kappa shape index (κ3) is 3.21. The smallest absolute Gasteiger partial charge is 0.313 e. The fourth-order valence-electron chi connectivity index (χ4n) is 3.89. The van der Waals surface area contributed by atoms with Gasteiger partial charge in [-0.05, 0) is 18.4 Å². The Bertz CT molecular complexity index is 1190. The summed E-state index contributed by atoms with van der Waals surface area (Å²) in [7, 11) is -4.40. The number of sulfonamides is 1. The molecule has 0 saturated carbocycles. The third-order valence-corrected chi connectivity index (χ3v) is 7.13. The summed E-state index contributed by atoms with van der Waals surface area (Å²) in [6.45, 7) is 0.0545. The van der Waals surface area contributed by atoms with Crippen LogP contribution in [-0.2, 0) is 26.2 Å². The molecule has 152 valence electrons. The van der Waals surface area contributed by atoms with Crippen LogP contribution in [0.2, 0.25) is 0 Å². The number of carbonyl (C=O) groups is 2. The molecule has 2 atom stereocenters. The molecule has 2 N–H and O–H groups in total. The maximum Gasteiger partial charge on any atom is 0.325 e. The number of imide groups is 1. The molecule has 4 rings (SSSR count). The second-order valence-electron chi connectivity index (χ2n) is 6.99. The van der Waals surface area contributed by atoms with Gasteiger partial charge in [0.15, 0.2) is 4.90 Å². The number of piperidine rings is 1. The number of fused-ring (bicyclic) bond motifs is 1. The van der Waals surface area contributed by atoms with Crippen molar-refractivity contribution in [3.05, 3.63) is 62.9 Å². The Kier molecular flexibility index (Phi) is 4.71. The number of aromatic amines is 2. The van der Waals surface area contributed by atoms with E-state index in [0.717, 1.165) is 21.0 Å². The average molecular weight is 418 g/mol. The second-order valence-corrected chi connectivity index (χ2v) is 8.85. The first kappa shape index (κ1) is 19.3. The molecule has 2 fully saturated rings. The van der Waals surface area contributed by atoms with Crippen LogP contribution in [0.25, 0.3) is 0 Å². The van der Waals surface area contributed by atoms with Gasteiger partial charge >= 0.3 is 5.69 Å². The molecule has 2 aliphatic rings. The van der Waals surface area contributed by atoms with Crippen LogP contribution >= 0.6 is 0 Å². The number of benzene rings is 1. The predicted molar refractivity (Wildman–Crippen MR) is 100 cm³/mol. The quantitative estimate of drug-likeness (QED) is 0.636. The molecule has 0 aliphatic carbocycles. The number of hydrogen-bond donors (Lipinski definition) is 2. The number of amides is 2. The van der Waals surface area contributed by atoms with Gasteiger partial charge in [0.2, 0.25) is 11.8 Å². The van der Waals surface area contributed by atoms with Crippen molar-refractivity contribution in [2.24, 2.45) is 5.92 Å². The van der Waals surface area contributed by atoms with Crippen molar-refractivity contribution < 1.29 is 18.0 Å². The van der Waals surface area contributed by atoms with E-state index in [0.29, 0.717) is 12.8 Å². The number of aromatic nitrogens is 2. The molecule has 2 amide bonds. The van der Waals surface area contributed by atoms with Gasteiger partial charge < -0.3 is 4.98 Å². The zero-order valence-corrected chi connectivity index (χ0v) is 16.0. The summed E-state index contributed by atoms with van der Waals surface area (Å²) in [6.07, 6.45) is 1.57. The molecule has 2 saturated heterocycles. The first-order valence-corrected chi connectivity index (χ1v) is 10.5. The van der Waals surface area contributed by atoms with Crippen LogP contribution in [0.3, 0.4) is 0 Å². The molecule has 0 radical (unpaired) electrons. The van der Waals surface area contributed by atoms with E-state index in [9.17, 15) is 27.6 Å². The molecule has 1 unspecified atom stereocenters. The predicted octanol–water partition coefficient (Wildman–Crippen LogP) is -0.598. The molecule has 0 bridgehead atoms. The molecule has 11 heteroatoms. The van der Waals surface area contributed by atoms with E-state index in [1.807, 2.05) is 11.1 Å². The molecule has 0 spiro atoms. The fourth-order valence-corrected chi connectivity index (χ4v) is 5.55. The van der Waals surface area contributed by atoms with E-state index >= 15 is 0 Å². The summed E-state index contributed by atoms with van der Waals surface area (Å²) >= 11 is 0. The van der Waals surface area contributed by atoms with Gasteiger partial charge in [0.1, 0.15) is 6.04 Å². The first-order valence-electron chi connectivity index (χ1n) is 9.03. The van der Waals surface area contributed by atoms with Crippen LogP contribution in [0.15, 0.2) is 51.0 Å². The van der Waals surface area contributed by atoms with E-state index in [4.69, 9.17) is 0 Å². The lowest BCUT2D eigenvalue weighted by molar-refractivity contribution is -0.140. The zero-order valence-electron chi connectivity index (χ0n) is 15.2. The number of hydrogen-bond acceptors (Lipinski definition) is 6. The average Bonchev–Trinajstić information content (AvgIpc) is 2.93. The van der Waals surface area contributed by atoms with E-state index < -0.39 is 49.9 Å². The zero-order chi connectivity index (χ0) is 20.8. The number of carbonyl (C=O) groups excluding carboxylic acids is 2. The minimum Gasteiger partial charge on any atom is -0.313 e. The molecule has 2 aliphatic heterocycles. The largest absolute Gasteiger partial charge is 0.325 e. The Labute approximate surface area is 165 Å². The number of likely N-dealkylation sites (tertiary alicyclic amines) is 1. The van der Waals surface area contributed by atoms with Crippen molar-refractivity contribution in [3.63, 3.8) is 0 Å². The van der Waals surface area contributed by atoms with Crippen LogP contribution in [-0.4, -0.2) is 52.0 Å². The van der Waals surface area contributed by atoms with Gasteiger partial charge in [-0.15, -0.1) is 0 Å². The molecule has 1 aromatic carbocycles. The molecule has 1 aromatic heterocycles. The standard InChI is InChI=1S/C18H18N4O6S/c23-15-13(9-19-18(26)20-15)29(27,28)22-8-4-7-12-14(22)17(25)21(16(12)24)10-11-5-2-1-3-6-11/h1-3,5-6,9,12,14H,4,7-8,10H2,(H2,19,20,23,26)/t12-,14?/m0/s1. The second kappa shape index (κ2) is 7.08. The van der Waals surface area contributed by atoms with E-state index in [1.54, 1.807) is 24.3 Å². The number of nitrogens with zero attached hydrogens (tertiary/aromatic N) is 2. The van der Waals surface area contributed by atoms with Crippen LogP contribution in [0.5, 0.6) is 0 Å². The monoisotopic (exact) mass is 418 g/mol. The highest BCUT2D eigenvalue weighted by atomic mass is 32.2. The lowest BCUT2D eigenvalue weighted by atomic mass is 9.93. The molecule has 3 heterocycles. The van der Waals surface area contributed by atoms with E-state index in [-0.39, 0.29) is 13.1 Å². The van der Waals surface area contributed by atoms with Gasteiger partial charge in [-0.25, -0.2) is 13.2 Å². The Hall–Kier alpha value is -3.05. The normalized spacial score (nSPS) is 22.7. The van der Waals surface area contributed by atoms with Crippen molar-refractivity contribution in [3.8, 4) is 0 Å². The van der Waals surface area contributed by atoms with Crippen molar-refractivity contribution in [1.29, 1.82) is 0 Å².